The predicted octanol–water partition coefficient (Wildman–Crippen LogP) is 0.736. The molecular weight excluding hydrogens is 304 g/mol. The minimum atomic E-state index is -1.06. The molecule has 0 spiro atoms. The van der Waals surface area contributed by atoms with E-state index in [4.69, 9.17) is 14.6 Å². The molecule has 1 aliphatic rings. The lowest BCUT2D eigenvalue weighted by Gasteiger charge is -2.36. The van der Waals surface area contributed by atoms with Crippen LogP contribution in [-0.2, 0) is 19.0 Å². The van der Waals surface area contributed by atoms with Crippen LogP contribution in [0.5, 0.6) is 0 Å². The van der Waals surface area contributed by atoms with Crippen LogP contribution in [0.2, 0.25) is 0 Å². The van der Waals surface area contributed by atoms with Gasteiger partial charge in [-0.25, -0.2) is 0 Å². The van der Waals surface area contributed by atoms with E-state index in [1.165, 1.54) is 7.11 Å². The van der Waals surface area contributed by atoms with Gasteiger partial charge in [-0.2, -0.15) is 0 Å². The lowest BCUT2D eigenvalue weighted by atomic mass is 10.0. The first kappa shape index (κ1) is 20.3. The smallest absolute Gasteiger partial charge is 0.305 e. The summed E-state index contributed by atoms with van der Waals surface area (Å²) in [6.45, 7) is 0.178. The topological polar surface area (TPSA) is 105 Å². The van der Waals surface area contributed by atoms with Crippen LogP contribution in [0.25, 0.3) is 0 Å². The van der Waals surface area contributed by atoms with E-state index in [0.717, 1.165) is 38.5 Å². The Labute approximate surface area is 137 Å². The fourth-order valence-corrected chi connectivity index (χ4v) is 2.57. The minimum absolute atomic E-state index is 0.153. The molecule has 0 unspecified atom stereocenters. The molecule has 7 heteroatoms. The average Bonchev–Trinajstić information content (AvgIpc) is 2.55. The molecule has 1 aliphatic heterocycles. The molecular formula is C16H30O7. The Hall–Kier alpha value is -0.730. The number of rotatable bonds is 11. The molecule has 0 aromatic rings. The third-order valence-electron chi connectivity index (χ3n) is 4.02. The zero-order valence-electron chi connectivity index (χ0n) is 13.9. The van der Waals surface area contributed by atoms with Gasteiger partial charge in [0.2, 0.25) is 0 Å². The third kappa shape index (κ3) is 8.08. The summed E-state index contributed by atoms with van der Waals surface area (Å²) in [5.41, 5.74) is 0. The van der Waals surface area contributed by atoms with Gasteiger partial charge in [-0.3, -0.25) is 4.79 Å². The molecule has 7 nitrogen and oxygen atoms in total. The molecule has 4 atom stereocenters. The number of carbonyl (C=O) groups excluding carboxylic acids is 1. The van der Waals surface area contributed by atoms with Crippen LogP contribution in [0.3, 0.4) is 0 Å². The maximum Gasteiger partial charge on any atom is 0.305 e. The quantitative estimate of drug-likeness (QED) is 0.378. The van der Waals surface area contributed by atoms with Gasteiger partial charge >= 0.3 is 5.97 Å². The summed E-state index contributed by atoms with van der Waals surface area (Å²) >= 11 is 0. The summed E-state index contributed by atoms with van der Waals surface area (Å²) in [5.74, 6) is -0.153. The second-order valence-corrected chi connectivity index (χ2v) is 5.90. The van der Waals surface area contributed by atoms with Gasteiger partial charge in [0.25, 0.3) is 0 Å². The lowest BCUT2D eigenvalue weighted by Crippen LogP contribution is -2.50. The highest BCUT2D eigenvalue weighted by molar-refractivity contribution is 5.68. The average molecular weight is 334 g/mol. The molecule has 0 aromatic heterocycles. The van der Waals surface area contributed by atoms with E-state index in [1.807, 2.05) is 0 Å². The Morgan fingerprint density at radius 1 is 1.13 bits per heavy atom. The first-order valence-corrected chi connectivity index (χ1v) is 8.39. The molecule has 0 aromatic carbocycles. The van der Waals surface area contributed by atoms with Crippen LogP contribution in [0, 0.1) is 0 Å². The Bertz CT molecular complexity index is 324. The van der Waals surface area contributed by atoms with Crippen molar-refractivity contribution in [2.75, 3.05) is 20.3 Å². The van der Waals surface area contributed by atoms with Crippen LogP contribution >= 0.6 is 0 Å². The Morgan fingerprint density at radius 3 is 2.43 bits per heavy atom. The molecule has 1 fully saturated rings. The van der Waals surface area contributed by atoms with Gasteiger partial charge in [0.1, 0.15) is 12.2 Å². The van der Waals surface area contributed by atoms with E-state index in [2.05, 4.69) is 4.74 Å². The van der Waals surface area contributed by atoms with Gasteiger partial charge < -0.3 is 29.5 Å². The van der Waals surface area contributed by atoms with Crippen molar-refractivity contribution in [3.05, 3.63) is 0 Å². The number of methoxy groups -OCH3 is 1. The van der Waals surface area contributed by atoms with E-state index in [1.54, 1.807) is 0 Å². The van der Waals surface area contributed by atoms with E-state index in [0.29, 0.717) is 13.0 Å². The fourth-order valence-electron chi connectivity index (χ4n) is 2.57. The number of aliphatic hydroxyl groups excluding tert-OH is 3. The summed E-state index contributed by atoms with van der Waals surface area (Å²) in [7, 11) is 1.40. The second-order valence-electron chi connectivity index (χ2n) is 5.90. The SMILES string of the molecule is COC(=O)CCCCCCCCO[C@H]1C[C@H](O)[C@@H](O)[C@@H](CO)O1. The first-order chi connectivity index (χ1) is 11.1. The monoisotopic (exact) mass is 334 g/mol. The molecule has 0 radical (unpaired) electrons. The van der Waals surface area contributed by atoms with Gasteiger partial charge in [-0.15, -0.1) is 0 Å². The normalized spacial score (nSPS) is 27.8. The van der Waals surface area contributed by atoms with Crippen molar-refractivity contribution in [1.29, 1.82) is 0 Å². The van der Waals surface area contributed by atoms with Crippen molar-refractivity contribution in [2.45, 2.75) is 76.0 Å². The Kier molecular flexibility index (Phi) is 10.4. The highest BCUT2D eigenvalue weighted by Crippen LogP contribution is 2.21. The maximum absolute atomic E-state index is 10.9. The highest BCUT2D eigenvalue weighted by Gasteiger charge is 2.36. The molecule has 0 bridgehead atoms. The Morgan fingerprint density at radius 2 is 1.78 bits per heavy atom. The summed E-state index contributed by atoms with van der Waals surface area (Å²) in [5, 5.41) is 28.4. The molecule has 0 aliphatic carbocycles. The molecule has 3 N–H and O–H groups in total. The summed E-state index contributed by atoms with van der Waals surface area (Å²) in [4.78, 5) is 10.9. The molecule has 1 rings (SSSR count). The molecule has 0 saturated carbocycles. The van der Waals surface area contributed by atoms with Crippen molar-refractivity contribution in [2.24, 2.45) is 0 Å². The number of ether oxygens (including phenoxy) is 3. The number of esters is 1. The van der Waals surface area contributed by atoms with Crippen LogP contribution in [0.4, 0.5) is 0 Å². The van der Waals surface area contributed by atoms with E-state index in [-0.39, 0.29) is 19.0 Å². The molecule has 1 saturated heterocycles. The van der Waals surface area contributed by atoms with Crippen molar-refractivity contribution < 1.29 is 34.3 Å². The van der Waals surface area contributed by atoms with Gasteiger partial charge in [0, 0.05) is 19.4 Å². The Balaban J connectivity index is 1.97. The number of hydrogen-bond acceptors (Lipinski definition) is 7. The van der Waals surface area contributed by atoms with Gasteiger partial charge in [0.15, 0.2) is 6.29 Å². The van der Waals surface area contributed by atoms with Crippen LogP contribution < -0.4 is 0 Å². The van der Waals surface area contributed by atoms with Crippen molar-refractivity contribution in [3.8, 4) is 0 Å². The van der Waals surface area contributed by atoms with E-state index >= 15 is 0 Å². The summed E-state index contributed by atoms with van der Waals surface area (Å²) in [6.07, 6.45) is 3.29. The zero-order valence-corrected chi connectivity index (χ0v) is 13.9. The highest BCUT2D eigenvalue weighted by atomic mass is 16.7. The molecule has 136 valence electrons. The largest absolute Gasteiger partial charge is 0.469 e. The van der Waals surface area contributed by atoms with Crippen molar-refractivity contribution >= 4 is 5.97 Å². The minimum Gasteiger partial charge on any atom is -0.469 e. The molecule has 0 amide bonds. The van der Waals surface area contributed by atoms with Crippen molar-refractivity contribution in [3.63, 3.8) is 0 Å². The number of hydrogen-bond donors (Lipinski definition) is 3. The van der Waals surface area contributed by atoms with E-state index in [9.17, 15) is 15.0 Å². The predicted molar refractivity (Wildman–Crippen MR) is 82.7 cm³/mol. The lowest BCUT2D eigenvalue weighted by molar-refractivity contribution is -0.256. The number of carbonyl (C=O) groups is 1. The van der Waals surface area contributed by atoms with Gasteiger partial charge in [0.05, 0.1) is 19.8 Å². The zero-order chi connectivity index (χ0) is 17.1. The second kappa shape index (κ2) is 11.8. The van der Waals surface area contributed by atoms with Crippen LogP contribution in [-0.4, -0.2) is 66.2 Å². The molecule has 1 heterocycles. The fraction of sp³-hybridized carbons (Fsp3) is 0.938. The van der Waals surface area contributed by atoms with E-state index < -0.39 is 24.6 Å². The van der Waals surface area contributed by atoms with Gasteiger partial charge in [-0.1, -0.05) is 25.7 Å². The summed E-state index contributed by atoms with van der Waals surface area (Å²) in [6, 6.07) is 0. The maximum atomic E-state index is 10.9. The van der Waals surface area contributed by atoms with Gasteiger partial charge in [-0.05, 0) is 12.8 Å². The first-order valence-electron chi connectivity index (χ1n) is 8.39. The standard InChI is InChI=1S/C16H30O7/c1-21-14(19)8-6-4-2-3-5-7-9-22-15-10-12(18)16(20)13(11-17)23-15/h12-13,15-18,20H,2-11H2,1H3/t12-,13+,15+,16+/m0/s1. The number of aliphatic hydroxyl groups is 3. The van der Waals surface area contributed by atoms with Crippen molar-refractivity contribution in [1.82, 2.24) is 0 Å². The third-order valence-corrected chi connectivity index (χ3v) is 4.02. The number of unbranched alkanes of at least 4 members (excludes halogenated alkanes) is 5. The molecule has 23 heavy (non-hydrogen) atoms. The van der Waals surface area contributed by atoms with Crippen LogP contribution in [0.15, 0.2) is 0 Å². The van der Waals surface area contributed by atoms with Crippen LogP contribution in [0.1, 0.15) is 51.4 Å². The summed E-state index contributed by atoms with van der Waals surface area (Å²) < 4.78 is 15.5.